The SMILES string of the molecule is CN1C(=O)C(C)(C)c2ccc(CO)cc21. The van der Waals surface area contributed by atoms with Gasteiger partial charge in [-0.2, -0.15) is 0 Å². The van der Waals surface area contributed by atoms with Gasteiger partial charge >= 0.3 is 0 Å². The van der Waals surface area contributed by atoms with Crippen molar-refractivity contribution >= 4 is 11.6 Å². The Balaban J connectivity index is 2.61. The molecule has 15 heavy (non-hydrogen) atoms. The highest BCUT2D eigenvalue weighted by atomic mass is 16.3. The minimum Gasteiger partial charge on any atom is -0.392 e. The van der Waals surface area contributed by atoms with Crippen molar-refractivity contribution in [3.63, 3.8) is 0 Å². The Bertz CT molecular complexity index is 424. The lowest BCUT2D eigenvalue weighted by Gasteiger charge is -2.16. The Morgan fingerprint density at radius 2 is 2.07 bits per heavy atom. The number of aliphatic hydroxyl groups excluding tert-OH is 1. The summed E-state index contributed by atoms with van der Waals surface area (Å²) in [5.74, 6) is 0.104. The number of hydrogen-bond donors (Lipinski definition) is 1. The summed E-state index contributed by atoms with van der Waals surface area (Å²) in [5.41, 5.74) is 2.34. The summed E-state index contributed by atoms with van der Waals surface area (Å²) in [6.07, 6.45) is 0. The zero-order valence-electron chi connectivity index (χ0n) is 9.24. The third-order valence-corrected chi connectivity index (χ3v) is 3.12. The van der Waals surface area contributed by atoms with E-state index in [-0.39, 0.29) is 12.5 Å². The van der Waals surface area contributed by atoms with E-state index in [4.69, 9.17) is 5.11 Å². The predicted octanol–water partition coefficient (Wildman–Crippen LogP) is 1.43. The molecule has 3 heteroatoms. The van der Waals surface area contributed by atoms with E-state index < -0.39 is 5.41 Å². The lowest BCUT2D eigenvalue weighted by Crippen LogP contribution is -2.33. The van der Waals surface area contributed by atoms with Crippen LogP contribution >= 0.6 is 0 Å². The second-order valence-corrected chi connectivity index (χ2v) is 4.50. The van der Waals surface area contributed by atoms with E-state index in [0.29, 0.717) is 0 Å². The van der Waals surface area contributed by atoms with Gasteiger partial charge in [0.1, 0.15) is 0 Å². The van der Waals surface area contributed by atoms with Crippen LogP contribution in [0.3, 0.4) is 0 Å². The van der Waals surface area contributed by atoms with Crippen molar-refractivity contribution in [1.29, 1.82) is 0 Å². The number of amides is 1. The number of carbonyl (C=O) groups is 1. The highest BCUT2D eigenvalue weighted by Gasteiger charge is 2.41. The molecule has 80 valence electrons. The summed E-state index contributed by atoms with van der Waals surface area (Å²) >= 11 is 0. The van der Waals surface area contributed by atoms with Gasteiger partial charge in [-0.1, -0.05) is 12.1 Å². The number of aliphatic hydroxyl groups is 1. The third kappa shape index (κ3) is 1.27. The molecule has 1 aromatic carbocycles. The summed E-state index contributed by atoms with van der Waals surface area (Å²) in [4.78, 5) is 13.6. The number of anilines is 1. The van der Waals surface area contributed by atoms with Gasteiger partial charge in [0.15, 0.2) is 0 Å². The number of benzene rings is 1. The monoisotopic (exact) mass is 205 g/mol. The fourth-order valence-corrected chi connectivity index (χ4v) is 2.13. The van der Waals surface area contributed by atoms with Gasteiger partial charge < -0.3 is 10.0 Å². The lowest BCUT2D eigenvalue weighted by atomic mass is 9.86. The third-order valence-electron chi connectivity index (χ3n) is 3.12. The van der Waals surface area contributed by atoms with Gasteiger partial charge in [-0.05, 0) is 31.0 Å². The number of fused-ring (bicyclic) bond motifs is 1. The molecule has 0 bridgehead atoms. The summed E-state index contributed by atoms with van der Waals surface area (Å²) in [6, 6.07) is 5.68. The maximum atomic E-state index is 11.9. The topological polar surface area (TPSA) is 40.5 Å². The quantitative estimate of drug-likeness (QED) is 0.753. The van der Waals surface area contributed by atoms with Crippen LogP contribution in [0.15, 0.2) is 18.2 Å². The fraction of sp³-hybridized carbons (Fsp3) is 0.417. The molecule has 1 aromatic rings. The first-order valence-electron chi connectivity index (χ1n) is 5.01. The average Bonchev–Trinajstić information content (AvgIpc) is 2.40. The maximum Gasteiger partial charge on any atom is 0.236 e. The van der Waals surface area contributed by atoms with E-state index in [9.17, 15) is 4.79 Å². The van der Waals surface area contributed by atoms with E-state index in [0.717, 1.165) is 16.8 Å². The van der Waals surface area contributed by atoms with Crippen molar-refractivity contribution in [3.8, 4) is 0 Å². The molecule has 1 aliphatic rings. The van der Waals surface area contributed by atoms with Crippen molar-refractivity contribution < 1.29 is 9.90 Å². The number of rotatable bonds is 1. The first-order valence-corrected chi connectivity index (χ1v) is 5.01. The first kappa shape index (κ1) is 10.2. The van der Waals surface area contributed by atoms with E-state index in [1.54, 1.807) is 11.9 Å². The second kappa shape index (κ2) is 3.07. The lowest BCUT2D eigenvalue weighted by molar-refractivity contribution is -0.121. The Labute approximate surface area is 89.3 Å². The van der Waals surface area contributed by atoms with E-state index in [1.807, 2.05) is 32.0 Å². The van der Waals surface area contributed by atoms with Crippen LogP contribution < -0.4 is 4.90 Å². The molecule has 3 nitrogen and oxygen atoms in total. The van der Waals surface area contributed by atoms with Crippen LogP contribution in [0.1, 0.15) is 25.0 Å². The molecule has 1 amide bonds. The molecule has 0 atom stereocenters. The van der Waals surface area contributed by atoms with Crippen LogP contribution in [0.5, 0.6) is 0 Å². The number of hydrogen-bond acceptors (Lipinski definition) is 2. The summed E-state index contributed by atoms with van der Waals surface area (Å²) in [5, 5.41) is 9.05. The van der Waals surface area contributed by atoms with Gasteiger partial charge in [-0.25, -0.2) is 0 Å². The molecular formula is C12H15NO2. The fourth-order valence-electron chi connectivity index (χ4n) is 2.13. The van der Waals surface area contributed by atoms with Crippen molar-refractivity contribution in [3.05, 3.63) is 29.3 Å². The van der Waals surface area contributed by atoms with E-state index in [2.05, 4.69) is 0 Å². The Morgan fingerprint density at radius 3 is 2.67 bits per heavy atom. The molecule has 0 saturated heterocycles. The van der Waals surface area contributed by atoms with Gasteiger partial charge in [-0.15, -0.1) is 0 Å². The number of carbonyl (C=O) groups excluding carboxylic acids is 1. The van der Waals surface area contributed by atoms with E-state index >= 15 is 0 Å². The maximum absolute atomic E-state index is 11.9. The van der Waals surface area contributed by atoms with Crippen LogP contribution in [0.4, 0.5) is 5.69 Å². The Kier molecular flexibility index (Phi) is 2.08. The predicted molar refractivity (Wildman–Crippen MR) is 58.8 cm³/mol. The summed E-state index contributed by atoms with van der Waals surface area (Å²) in [7, 11) is 1.77. The average molecular weight is 205 g/mol. The standard InChI is InChI=1S/C12H15NO2/c1-12(2)9-5-4-8(7-14)6-10(9)13(3)11(12)15/h4-6,14H,7H2,1-3H3. The molecule has 0 radical (unpaired) electrons. The van der Waals surface area contributed by atoms with Crippen LogP contribution in [0, 0.1) is 0 Å². The number of nitrogens with zero attached hydrogens (tertiary/aromatic N) is 1. The molecule has 0 unspecified atom stereocenters. The zero-order valence-corrected chi connectivity index (χ0v) is 9.24. The summed E-state index contributed by atoms with van der Waals surface area (Å²) in [6.45, 7) is 3.86. The number of likely N-dealkylation sites (N-methyl/N-ethyl adjacent to an activating group) is 1. The largest absolute Gasteiger partial charge is 0.392 e. The minimum absolute atomic E-state index is 0.00966. The molecule has 0 aliphatic carbocycles. The molecule has 2 rings (SSSR count). The highest BCUT2D eigenvalue weighted by Crippen LogP contribution is 2.40. The Hall–Kier alpha value is -1.35. The van der Waals surface area contributed by atoms with Crippen molar-refractivity contribution in [2.24, 2.45) is 0 Å². The van der Waals surface area contributed by atoms with Gasteiger partial charge in [0, 0.05) is 12.7 Å². The minimum atomic E-state index is -0.446. The Morgan fingerprint density at radius 1 is 1.40 bits per heavy atom. The summed E-state index contributed by atoms with van der Waals surface area (Å²) < 4.78 is 0. The van der Waals surface area contributed by atoms with Gasteiger partial charge in [0.05, 0.1) is 12.0 Å². The van der Waals surface area contributed by atoms with E-state index in [1.165, 1.54) is 0 Å². The second-order valence-electron chi connectivity index (χ2n) is 4.50. The van der Waals surface area contributed by atoms with Crippen LogP contribution in [0.25, 0.3) is 0 Å². The molecule has 1 aliphatic heterocycles. The molecule has 0 aromatic heterocycles. The molecule has 0 fully saturated rings. The van der Waals surface area contributed by atoms with Crippen LogP contribution in [-0.4, -0.2) is 18.1 Å². The van der Waals surface area contributed by atoms with Crippen molar-refractivity contribution in [2.45, 2.75) is 25.9 Å². The van der Waals surface area contributed by atoms with Crippen LogP contribution in [0.2, 0.25) is 0 Å². The molecule has 0 saturated carbocycles. The van der Waals surface area contributed by atoms with Gasteiger partial charge in [0.2, 0.25) is 5.91 Å². The molecule has 1 N–H and O–H groups in total. The normalized spacial score (nSPS) is 18.1. The van der Waals surface area contributed by atoms with Crippen molar-refractivity contribution in [1.82, 2.24) is 0 Å². The molecule has 1 heterocycles. The van der Waals surface area contributed by atoms with Gasteiger partial charge in [0.25, 0.3) is 0 Å². The van der Waals surface area contributed by atoms with Crippen LogP contribution in [-0.2, 0) is 16.8 Å². The smallest absolute Gasteiger partial charge is 0.236 e. The zero-order chi connectivity index (χ0) is 11.2. The molecule has 0 spiro atoms. The molecular weight excluding hydrogens is 190 g/mol. The highest BCUT2D eigenvalue weighted by molar-refractivity contribution is 6.07. The first-order chi connectivity index (χ1) is 6.98. The van der Waals surface area contributed by atoms with Gasteiger partial charge in [-0.3, -0.25) is 4.79 Å². The van der Waals surface area contributed by atoms with Crippen molar-refractivity contribution in [2.75, 3.05) is 11.9 Å².